The van der Waals surface area contributed by atoms with E-state index in [9.17, 15) is 4.79 Å². The van der Waals surface area contributed by atoms with Crippen LogP contribution in [0.25, 0.3) is 0 Å². The van der Waals surface area contributed by atoms with Crippen LogP contribution in [0.5, 0.6) is 0 Å². The Labute approximate surface area is 89.7 Å². The average Bonchev–Trinajstić information content (AvgIpc) is 2.30. The molecule has 0 aromatic carbocycles. The molecule has 1 heterocycles. The molecule has 0 saturated heterocycles. The Balaban J connectivity index is 2.06. The van der Waals surface area contributed by atoms with Gasteiger partial charge in [0.1, 0.15) is 0 Å². The SMILES string of the molecule is O=C1N[C@@H]2CCCCC2=C2C=CC=C[C@H]12. The van der Waals surface area contributed by atoms with Gasteiger partial charge in [-0.3, -0.25) is 4.79 Å². The van der Waals surface area contributed by atoms with Crippen molar-refractivity contribution >= 4 is 5.91 Å². The van der Waals surface area contributed by atoms with Crippen molar-refractivity contribution in [2.75, 3.05) is 0 Å². The van der Waals surface area contributed by atoms with Gasteiger partial charge in [-0.05, 0) is 30.4 Å². The van der Waals surface area contributed by atoms with E-state index in [1.807, 2.05) is 18.2 Å². The third-order valence-corrected chi connectivity index (χ3v) is 3.60. The minimum atomic E-state index is -0.0145. The fourth-order valence-corrected chi connectivity index (χ4v) is 2.86. The number of allylic oxidation sites excluding steroid dienone is 3. The van der Waals surface area contributed by atoms with Gasteiger partial charge in [0, 0.05) is 0 Å². The molecule has 2 aliphatic carbocycles. The van der Waals surface area contributed by atoms with Gasteiger partial charge in [0.05, 0.1) is 12.0 Å². The van der Waals surface area contributed by atoms with Gasteiger partial charge in [-0.1, -0.05) is 30.7 Å². The van der Waals surface area contributed by atoms with Crippen LogP contribution in [0, 0.1) is 5.92 Å². The molecule has 0 aromatic heterocycles. The highest BCUT2D eigenvalue weighted by Gasteiger charge is 2.34. The smallest absolute Gasteiger partial charge is 0.231 e. The number of rotatable bonds is 0. The molecule has 3 rings (SSSR count). The summed E-state index contributed by atoms with van der Waals surface area (Å²) in [6.45, 7) is 0. The standard InChI is InChI=1S/C13H15NO/c15-13-11-7-2-1-5-9(11)10-6-3-4-8-12(10)14-13/h1-2,5,7,11-12H,3-4,6,8H2,(H,14,15)/t11-,12+/m0/s1. The Bertz CT molecular complexity index is 389. The van der Waals surface area contributed by atoms with Crippen LogP contribution in [-0.4, -0.2) is 11.9 Å². The zero-order valence-corrected chi connectivity index (χ0v) is 8.70. The number of hydrogen-bond donors (Lipinski definition) is 1. The second-order valence-electron chi connectivity index (χ2n) is 4.51. The number of fused-ring (bicyclic) bond motifs is 2. The first kappa shape index (κ1) is 8.96. The summed E-state index contributed by atoms with van der Waals surface area (Å²) in [5.74, 6) is 0.167. The zero-order valence-electron chi connectivity index (χ0n) is 8.70. The Morgan fingerprint density at radius 1 is 1.27 bits per heavy atom. The summed E-state index contributed by atoms with van der Waals surface area (Å²) in [6, 6.07) is 0.327. The first-order valence-corrected chi connectivity index (χ1v) is 5.74. The van der Waals surface area contributed by atoms with Crippen molar-refractivity contribution in [2.45, 2.75) is 31.7 Å². The van der Waals surface area contributed by atoms with Crippen LogP contribution in [0.1, 0.15) is 25.7 Å². The van der Waals surface area contributed by atoms with Crippen LogP contribution in [-0.2, 0) is 4.79 Å². The van der Waals surface area contributed by atoms with E-state index < -0.39 is 0 Å². The van der Waals surface area contributed by atoms with Gasteiger partial charge in [-0.2, -0.15) is 0 Å². The highest BCUT2D eigenvalue weighted by molar-refractivity contribution is 5.87. The predicted octanol–water partition coefficient (Wildman–Crippen LogP) is 2.10. The topological polar surface area (TPSA) is 29.1 Å². The maximum Gasteiger partial charge on any atom is 0.231 e. The molecule has 0 spiro atoms. The number of hydrogen-bond acceptors (Lipinski definition) is 1. The molecule has 1 fully saturated rings. The molecule has 2 heteroatoms. The first-order valence-electron chi connectivity index (χ1n) is 5.74. The van der Waals surface area contributed by atoms with Crippen LogP contribution in [0.2, 0.25) is 0 Å². The molecule has 15 heavy (non-hydrogen) atoms. The Morgan fingerprint density at radius 2 is 2.20 bits per heavy atom. The number of nitrogens with one attached hydrogen (secondary N) is 1. The molecule has 1 amide bonds. The molecule has 0 aromatic rings. The second-order valence-corrected chi connectivity index (χ2v) is 4.51. The van der Waals surface area contributed by atoms with Crippen molar-refractivity contribution in [2.24, 2.45) is 5.92 Å². The molecule has 1 N–H and O–H groups in total. The Kier molecular flexibility index (Phi) is 2.01. The highest BCUT2D eigenvalue weighted by Crippen LogP contribution is 2.35. The van der Waals surface area contributed by atoms with Gasteiger partial charge < -0.3 is 5.32 Å². The minimum Gasteiger partial charge on any atom is -0.349 e. The van der Waals surface area contributed by atoms with E-state index >= 15 is 0 Å². The van der Waals surface area contributed by atoms with E-state index in [1.54, 1.807) is 0 Å². The van der Waals surface area contributed by atoms with Crippen molar-refractivity contribution in [3.63, 3.8) is 0 Å². The summed E-state index contributed by atoms with van der Waals surface area (Å²) in [5.41, 5.74) is 2.75. The molecule has 0 bridgehead atoms. The summed E-state index contributed by atoms with van der Waals surface area (Å²) >= 11 is 0. The predicted molar refractivity (Wildman–Crippen MR) is 59.2 cm³/mol. The van der Waals surface area contributed by atoms with E-state index in [1.165, 1.54) is 24.0 Å². The lowest BCUT2D eigenvalue weighted by Crippen LogP contribution is -2.46. The summed E-state index contributed by atoms with van der Waals surface area (Å²) in [5, 5.41) is 3.14. The van der Waals surface area contributed by atoms with Gasteiger partial charge in [0.15, 0.2) is 0 Å². The minimum absolute atomic E-state index is 0.0145. The Morgan fingerprint density at radius 3 is 3.13 bits per heavy atom. The van der Waals surface area contributed by atoms with Crippen LogP contribution in [0.3, 0.4) is 0 Å². The lowest BCUT2D eigenvalue weighted by molar-refractivity contribution is -0.123. The maximum atomic E-state index is 11.9. The monoisotopic (exact) mass is 201 g/mol. The van der Waals surface area contributed by atoms with Crippen molar-refractivity contribution in [1.29, 1.82) is 0 Å². The van der Waals surface area contributed by atoms with E-state index in [2.05, 4.69) is 11.4 Å². The number of amides is 1. The maximum absolute atomic E-state index is 11.9. The molecule has 0 unspecified atom stereocenters. The molecule has 1 saturated carbocycles. The quantitative estimate of drug-likeness (QED) is 0.639. The van der Waals surface area contributed by atoms with E-state index in [0.29, 0.717) is 6.04 Å². The largest absolute Gasteiger partial charge is 0.349 e. The van der Waals surface area contributed by atoms with Gasteiger partial charge in [-0.25, -0.2) is 0 Å². The summed E-state index contributed by atoms with van der Waals surface area (Å²) < 4.78 is 0. The fourth-order valence-electron chi connectivity index (χ4n) is 2.86. The van der Waals surface area contributed by atoms with Crippen LogP contribution < -0.4 is 5.32 Å². The third kappa shape index (κ3) is 1.36. The van der Waals surface area contributed by atoms with Crippen molar-refractivity contribution in [3.8, 4) is 0 Å². The second kappa shape index (κ2) is 3.37. The van der Waals surface area contributed by atoms with E-state index in [4.69, 9.17) is 0 Å². The van der Waals surface area contributed by atoms with Crippen molar-refractivity contribution < 1.29 is 4.79 Å². The van der Waals surface area contributed by atoms with Gasteiger partial charge in [0.25, 0.3) is 0 Å². The Hall–Kier alpha value is -1.31. The van der Waals surface area contributed by atoms with Gasteiger partial charge in [-0.15, -0.1) is 0 Å². The van der Waals surface area contributed by atoms with Gasteiger partial charge >= 0.3 is 0 Å². The van der Waals surface area contributed by atoms with Crippen molar-refractivity contribution in [3.05, 3.63) is 35.5 Å². The molecule has 2 atom stereocenters. The summed E-state index contributed by atoms with van der Waals surface area (Å²) in [6.07, 6.45) is 12.9. The molecule has 78 valence electrons. The zero-order chi connectivity index (χ0) is 10.3. The third-order valence-electron chi connectivity index (χ3n) is 3.60. The van der Waals surface area contributed by atoms with Crippen LogP contribution in [0.15, 0.2) is 35.5 Å². The molecular weight excluding hydrogens is 186 g/mol. The molecular formula is C13H15NO. The van der Waals surface area contributed by atoms with Gasteiger partial charge in [0.2, 0.25) is 5.91 Å². The lowest BCUT2D eigenvalue weighted by Gasteiger charge is -2.36. The summed E-state index contributed by atoms with van der Waals surface area (Å²) in [4.78, 5) is 11.9. The number of carbonyl (C=O) groups is 1. The van der Waals surface area contributed by atoms with Crippen LogP contribution >= 0.6 is 0 Å². The summed E-state index contributed by atoms with van der Waals surface area (Å²) in [7, 11) is 0. The lowest BCUT2D eigenvalue weighted by atomic mass is 9.77. The van der Waals surface area contributed by atoms with E-state index in [-0.39, 0.29) is 11.8 Å². The highest BCUT2D eigenvalue weighted by atomic mass is 16.2. The van der Waals surface area contributed by atoms with Crippen molar-refractivity contribution in [1.82, 2.24) is 5.32 Å². The van der Waals surface area contributed by atoms with E-state index in [0.717, 1.165) is 12.8 Å². The average molecular weight is 201 g/mol. The molecule has 1 aliphatic heterocycles. The van der Waals surface area contributed by atoms with Crippen LogP contribution in [0.4, 0.5) is 0 Å². The number of carbonyl (C=O) groups excluding carboxylic acids is 1. The molecule has 2 nitrogen and oxygen atoms in total. The first-order chi connectivity index (χ1) is 7.36. The fraction of sp³-hybridized carbons (Fsp3) is 0.462. The molecule has 0 radical (unpaired) electrons. The normalized spacial score (nSPS) is 33.5. The molecule has 3 aliphatic rings.